The Morgan fingerprint density at radius 3 is 2.43 bits per heavy atom. The molecule has 1 aliphatic rings. The van der Waals surface area contributed by atoms with Crippen molar-refractivity contribution in [1.82, 2.24) is 9.88 Å². The van der Waals surface area contributed by atoms with Crippen molar-refractivity contribution in [3.63, 3.8) is 0 Å². The van der Waals surface area contributed by atoms with Crippen LogP contribution in [0, 0.1) is 6.92 Å². The first kappa shape index (κ1) is 14.2. The molecule has 21 heavy (non-hydrogen) atoms. The smallest absolute Gasteiger partial charge is 0.238 e. The Bertz CT molecular complexity index is 771. The fraction of sp³-hybridized carbons (Fsp3) is 0.286. The molecule has 0 fully saturated rings. The van der Waals surface area contributed by atoms with Gasteiger partial charge in [0.15, 0.2) is 0 Å². The minimum atomic E-state index is -3.65. The number of hydrogen-bond donors (Lipinski definition) is 0. The summed E-state index contributed by atoms with van der Waals surface area (Å²) in [5.41, 5.74) is 2.15. The quantitative estimate of drug-likeness (QED) is 0.864. The molecular formula is C14H14N2O3S2. The molecule has 1 aromatic heterocycles. The van der Waals surface area contributed by atoms with E-state index in [1.807, 2.05) is 24.3 Å². The van der Waals surface area contributed by atoms with E-state index in [0.29, 0.717) is 13.1 Å². The Labute approximate surface area is 127 Å². The van der Waals surface area contributed by atoms with Crippen LogP contribution in [-0.4, -0.2) is 30.0 Å². The van der Waals surface area contributed by atoms with Crippen molar-refractivity contribution in [2.45, 2.75) is 24.4 Å². The maximum Gasteiger partial charge on any atom is 0.238 e. The molecule has 0 saturated heterocycles. The molecule has 1 aliphatic heterocycles. The van der Waals surface area contributed by atoms with Crippen LogP contribution in [0.5, 0.6) is 0 Å². The van der Waals surface area contributed by atoms with E-state index in [-0.39, 0.29) is 10.2 Å². The summed E-state index contributed by atoms with van der Waals surface area (Å²) >= 11 is 1.10. The first-order valence-corrected chi connectivity index (χ1v) is 8.92. The summed E-state index contributed by atoms with van der Waals surface area (Å²) in [5.74, 6) is -0.896. The number of nitrogens with zero attached hydrogens (tertiary/aromatic N) is 2. The van der Waals surface area contributed by atoms with E-state index in [2.05, 4.69) is 4.98 Å². The van der Waals surface area contributed by atoms with Crippen LogP contribution in [0.4, 0.5) is 0 Å². The number of aryl methyl sites for hydroxylation is 1. The average Bonchev–Trinajstić information content (AvgIpc) is 3.04. The summed E-state index contributed by atoms with van der Waals surface area (Å²) in [4.78, 5) is 18.5. The zero-order valence-corrected chi connectivity index (χ0v) is 13.1. The zero-order chi connectivity index (χ0) is 15.0. The van der Waals surface area contributed by atoms with Crippen molar-refractivity contribution >= 4 is 27.1 Å². The number of rotatable bonds is 3. The van der Waals surface area contributed by atoms with Gasteiger partial charge in [-0.2, -0.15) is 0 Å². The summed E-state index contributed by atoms with van der Waals surface area (Å²) in [6.07, 6.45) is 1.51. The van der Waals surface area contributed by atoms with Gasteiger partial charge in [-0.05, 0) is 18.1 Å². The molecule has 0 bridgehead atoms. The summed E-state index contributed by atoms with van der Waals surface area (Å²) in [6.45, 7) is 2.73. The molecule has 0 radical (unpaired) electrons. The van der Waals surface area contributed by atoms with Gasteiger partial charge in [0, 0.05) is 24.2 Å². The summed E-state index contributed by atoms with van der Waals surface area (Å²) in [5, 5.41) is 0. The van der Waals surface area contributed by atoms with Gasteiger partial charge in [-0.25, -0.2) is 13.4 Å². The molecule has 0 aliphatic carbocycles. The molecule has 2 aromatic rings. The first-order chi connectivity index (χ1) is 9.95. The number of fused-ring (bicyclic) bond motifs is 1. The van der Waals surface area contributed by atoms with E-state index in [1.54, 1.807) is 11.8 Å². The Morgan fingerprint density at radius 1 is 1.29 bits per heavy atom. The zero-order valence-electron chi connectivity index (χ0n) is 11.4. The monoisotopic (exact) mass is 322 g/mol. The van der Waals surface area contributed by atoms with Crippen molar-refractivity contribution in [3.05, 3.63) is 46.5 Å². The van der Waals surface area contributed by atoms with Gasteiger partial charge in [-0.1, -0.05) is 24.3 Å². The van der Waals surface area contributed by atoms with Crippen LogP contribution in [-0.2, 0) is 27.7 Å². The van der Waals surface area contributed by atoms with Crippen LogP contribution < -0.4 is 0 Å². The molecule has 7 heteroatoms. The second-order valence-electron chi connectivity index (χ2n) is 5.01. The van der Waals surface area contributed by atoms with Gasteiger partial charge in [0.1, 0.15) is 5.75 Å². The highest BCUT2D eigenvalue weighted by Gasteiger charge is 2.29. The number of thiazole rings is 1. The summed E-state index contributed by atoms with van der Waals surface area (Å²) < 4.78 is 24.4. The average molecular weight is 322 g/mol. The molecule has 3 rings (SSSR count). The SMILES string of the molecule is Cc1cnc(S(=O)(=O)CC(=O)N2Cc3ccccc3C2)s1. The number of amides is 1. The molecular weight excluding hydrogens is 308 g/mol. The largest absolute Gasteiger partial charge is 0.333 e. The standard InChI is InChI=1S/C14H14N2O3S2/c1-10-6-15-14(20-10)21(18,19)9-13(17)16-7-11-4-2-3-5-12(11)8-16/h2-6H,7-9H2,1H3. The van der Waals surface area contributed by atoms with Gasteiger partial charge in [0.2, 0.25) is 20.1 Å². The lowest BCUT2D eigenvalue weighted by molar-refractivity contribution is -0.129. The Kier molecular flexibility index (Phi) is 3.54. The lowest BCUT2D eigenvalue weighted by Gasteiger charge is -2.14. The third kappa shape index (κ3) is 2.84. The summed E-state index contributed by atoms with van der Waals surface area (Å²) in [6, 6.07) is 7.76. The van der Waals surface area contributed by atoms with E-state index >= 15 is 0 Å². The highest BCUT2D eigenvalue weighted by atomic mass is 32.2. The molecule has 0 atom stereocenters. The first-order valence-electron chi connectivity index (χ1n) is 6.45. The van der Waals surface area contributed by atoms with Gasteiger partial charge in [-0.15, -0.1) is 11.3 Å². The number of carbonyl (C=O) groups is 1. The second kappa shape index (κ2) is 5.23. The fourth-order valence-electron chi connectivity index (χ4n) is 2.30. The van der Waals surface area contributed by atoms with Crippen molar-refractivity contribution in [1.29, 1.82) is 0 Å². The van der Waals surface area contributed by atoms with Gasteiger partial charge in [0.25, 0.3) is 0 Å². The van der Waals surface area contributed by atoms with Gasteiger partial charge in [-0.3, -0.25) is 4.79 Å². The predicted octanol–water partition coefficient (Wildman–Crippen LogP) is 1.77. The van der Waals surface area contributed by atoms with Gasteiger partial charge in [0.05, 0.1) is 0 Å². The highest BCUT2D eigenvalue weighted by Crippen LogP contribution is 2.24. The minimum Gasteiger partial charge on any atom is -0.333 e. The van der Waals surface area contributed by atoms with Gasteiger partial charge >= 0.3 is 0 Å². The van der Waals surface area contributed by atoms with Crippen LogP contribution in [0.15, 0.2) is 34.8 Å². The van der Waals surface area contributed by atoms with E-state index in [0.717, 1.165) is 27.3 Å². The molecule has 5 nitrogen and oxygen atoms in total. The van der Waals surface area contributed by atoms with Crippen molar-refractivity contribution < 1.29 is 13.2 Å². The van der Waals surface area contributed by atoms with Crippen molar-refractivity contribution in [3.8, 4) is 0 Å². The maximum absolute atomic E-state index is 12.2. The minimum absolute atomic E-state index is 0.0186. The second-order valence-corrected chi connectivity index (χ2v) is 8.41. The molecule has 0 N–H and O–H groups in total. The van der Waals surface area contributed by atoms with Crippen LogP contribution >= 0.6 is 11.3 Å². The van der Waals surface area contributed by atoms with Gasteiger partial charge < -0.3 is 4.90 Å². The highest BCUT2D eigenvalue weighted by molar-refractivity contribution is 7.94. The molecule has 110 valence electrons. The van der Waals surface area contributed by atoms with Crippen LogP contribution in [0.2, 0.25) is 0 Å². The van der Waals surface area contributed by atoms with E-state index in [1.165, 1.54) is 6.20 Å². The topological polar surface area (TPSA) is 67.3 Å². The third-order valence-corrected chi connectivity index (χ3v) is 6.36. The Morgan fingerprint density at radius 2 is 1.90 bits per heavy atom. The lowest BCUT2D eigenvalue weighted by Crippen LogP contribution is -2.31. The molecule has 1 aromatic carbocycles. The Balaban J connectivity index is 1.73. The molecule has 2 heterocycles. The fourth-order valence-corrected chi connectivity index (χ4v) is 4.71. The van der Waals surface area contributed by atoms with Crippen LogP contribution in [0.1, 0.15) is 16.0 Å². The molecule has 0 unspecified atom stereocenters. The molecule has 1 amide bonds. The van der Waals surface area contributed by atoms with Crippen LogP contribution in [0.3, 0.4) is 0 Å². The van der Waals surface area contributed by atoms with Crippen molar-refractivity contribution in [2.24, 2.45) is 0 Å². The predicted molar refractivity (Wildman–Crippen MR) is 79.6 cm³/mol. The number of hydrogen-bond acceptors (Lipinski definition) is 5. The number of sulfone groups is 1. The number of benzene rings is 1. The Hall–Kier alpha value is -1.73. The molecule has 0 saturated carbocycles. The van der Waals surface area contributed by atoms with Crippen LogP contribution in [0.25, 0.3) is 0 Å². The molecule has 0 spiro atoms. The normalized spacial score (nSPS) is 14.2. The maximum atomic E-state index is 12.2. The van der Waals surface area contributed by atoms with E-state index in [9.17, 15) is 13.2 Å². The lowest BCUT2D eigenvalue weighted by atomic mass is 10.1. The van der Waals surface area contributed by atoms with E-state index < -0.39 is 15.6 Å². The summed E-state index contributed by atoms with van der Waals surface area (Å²) in [7, 11) is -3.65. The number of carbonyl (C=O) groups excluding carboxylic acids is 1. The van der Waals surface area contributed by atoms with E-state index in [4.69, 9.17) is 0 Å². The number of aromatic nitrogens is 1. The third-order valence-electron chi connectivity index (χ3n) is 3.37. The van der Waals surface area contributed by atoms with Crippen molar-refractivity contribution in [2.75, 3.05) is 5.75 Å².